The Morgan fingerprint density at radius 2 is 2.05 bits per heavy atom. The molecule has 0 spiro atoms. The molecule has 4 nitrogen and oxygen atoms in total. The van der Waals surface area contributed by atoms with Crippen molar-refractivity contribution >= 4 is 23.2 Å². The molecule has 1 amide bonds. The second-order valence-corrected chi connectivity index (χ2v) is 5.03. The molecule has 0 heterocycles. The second kappa shape index (κ2) is 7.66. The van der Waals surface area contributed by atoms with Crippen molar-refractivity contribution in [2.75, 3.05) is 11.9 Å². The molecule has 0 bridgehead atoms. The molecule has 0 saturated carbocycles. The summed E-state index contributed by atoms with van der Waals surface area (Å²) in [5.41, 5.74) is 0.257. The maximum absolute atomic E-state index is 13.3. The Morgan fingerprint density at radius 3 is 2.82 bits per heavy atom. The van der Waals surface area contributed by atoms with Gasteiger partial charge in [0.2, 0.25) is 5.91 Å². The molecule has 0 unspecified atom stereocenters. The molecule has 0 atom stereocenters. The lowest BCUT2D eigenvalue weighted by atomic mass is 10.2. The predicted octanol–water partition coefficient (Wildman–Crippen LogP) is 3.98. The molecule has 0 aliphatic heterocycles. The first-order valence-corrected chi connectivity index (χ1v) is 7.10. The molecule has 0 saturated heterocycles. The van der Waals surface area contributed by atoms with Crippen molar-refractivity contribution in [3.05, 3.63) is 53.3 Å². The number of aromatic hydroxyl groups is 1. The molecule has 2 rings (SSSR count). The monoisotopic (exact) mass is 323 g/mol. The number of rotatable bonds is 6. The first-order valence-electron chi connectivity index (χ1n) is 6.72. The van der Waals surface area contributed by atoms with Gasteiger partial charge in [-0.15, -0.1) is 0 Å². The van der Waals surface area contributed by atoms with E-state index in [1.165, 1.54) is 30.3 Å². The summed E-state index contributed by atoms with van der Waals surface area (Å²) in [5.74, 6) is -0.610. The number of carbonyl (C=O) groups is 1. The Bertz CT molecular complexity index is 664. The number of phenolic OH excluding ortho intramolecular Hbond substituents is 1. The van der Waals surface area contributed by atoms with Gasteiger partial charge >= 0.3 is 0 Å². The molecule has 0 radical (unpaired) electrons. The van der Waals surface area contributed by atoms with Crippen LogP contribution in [0.25, 0.3) is 0 Å². The van der Waals surface area contributed by atoms with Crippen LogP contribution >= 0.6 is 11.6 Å². The number of phenols is 1. The molecule has 0 aliphatic carbocycles. The van der Waals surface area contributed by atoms with E-state index in [2.05, 4.69) is 5.32 Å². The quantitative estimate of drug-likeness (QED) is 0.624. The van der Waals surface area contributed by atoms with Gasteiger partial charge in [-0.05, 0) is 36.8 Å². The van der Waals surface area contributed by atoms with E-state index in [9.17, 15) is 14.3 Å². The molecule has 0 fully saturated rings. The second-order valence-electron chi connectivity index (χ2n) is 4.59. The van der Waals surface area contributed by atoms with Gasteiger partial charge in [-0.25, -0.2) is 4.39 Å². The van der Waals surface area contributed by atoms with Crippen LogP contribution in [-0.4, -0.2) is 17.6 Å². The van der Waals surface area contributed by atoms with E-state index in [1.807, 2.05) is 0 Å². The lowest BCUT2D eigenvalue weighted by Crippen LogP contribution is -2.13. The summed E-state index contributed by atoms with van der Waals surface area (Å²) in [4.78, 5) is 11.8. The number of halogens is 2. The number of para-hydroxylation sites is 1. The molecule has 0 aromatic heterocycles. The zero-order chi connectivity index (χ0) is 15.9. The summed E-state index contributed by atoms with van der Waals surface area (Å²) in [6, 6.07) is 10.5. The molecular weight excluding hydrogens is 309 g/mol. The first kappa shape index (κ1) is 16.1. The number of nitrogens with one attached hydrogen (secondary N) is 1. The van der Waals surface area contributed by atoms with E-state index in [0.717, 1.165) is 0 Å². The van der Waals surface area contributed by atoms with Crippen LogP contribution < -0.4 is 10.1 Å². The Kier molecular flexibility index (Phi) is 5.61. The zero-order valence-corrected chi connectivity index (χ0v) is 12.4. The molecule has 116 valence electrons. The Balaban J connectivity index is 1.76. The summed E-state index contributed by atoms with van der Waals surface area (Å²) in [6.07, 6.45) is 0.599. The van der Waals surface area contributed by atoms with Gasteiger partial charge < -0.3 is 15.2 Å². The highest BCUT2D eigenvalue weighted by Gasteiger charge is 2.08. The van der Waals surface area contributed by atoms with E-state index in [4.69, 9.17) is 16.3 Å². The average molecular weight is 324 g/mol. The van der Waals surface area contributed by atoms with Crippen molar-refractivity contribution < 1.29 is 19.0 Å². The third-order valence-corrected chi connectivity index (χ3v) is 3.11. The van der Waals surface area contributed by atoms with Gasteiger partial charge in [-0.2, -0.15) is 0 Å². The van der Waals surface area contributed by atoms with Crippen molar-refractivity contribution in [1.82, 2.24) is 0 Å². The summed E-state index contributed by atoms with van der Waals surface area (Å²) >= 11 is 5.79. The van der Waals surface area contributed by atoms with Gasteiger partial charge in [-0.1, -0.05) is 23.7 Å². The molecule has 2 aromatic rings. The highest BCUT2D eigenvalue weighted by atomic mass is 35.5. The minimum absolute atomic E-state index is 0.0552. The third-order valence-electron chi connectivity index (χ3n) is 2.88. The van der Waals surface area contributed by atoms with Crippen LogP contribution in [0.3, 0.4) is 0 Å². The maximum atomic E-state index is 13.3. The molecule has 6 heteroatoms. The summed E-state index contributed by atoms with van der Waals surface area (Å²) in [7, 11) is 0. The fourth-order valence-electron chi connectivity index (χ4n) is 1.80. The van der Waals surface area contributed by atoms with Crippen molar-refractivity contribution in [2.45, 2.75) is 12.8 Å². The highest BCUT2D eigenvalue weighted by molar-refractivity contribution is 6.31. The van der Waals surface area contributed by atoms with E-state index in [0.29, 0.717) is 11.4 Å². The van der Waals surface area contributed by atoms with Gasteiger partial charge in [0.25, 0.3) is 0 Å². The first-order chi connectivity index (χ1) is 10.6. The number of hydrogen-bond donors (Lipinski definition) is 2. The predicted molar refractivity (Wildman–Crippen MR) is 82.9 cm³/mol. The molecule has 2 N–H and O–H groups in total. The van der Waals surface area contributed by atoms with Gasteiger partial charge in [0, 0.05) is 11.4 Å². The fourth-order valence-corrected chi connectivity index (χ4v) is 1.97. The number of hydrogen-bond acceptors (Lipinski definition) is 3. The fraction of sp³-hybridized carbons (Fsp3) is 0.188. The number of amides is 1. The van der Waals surface area contributed by atoms with E-state index < -0.39 is 5.82 Å². The standard InChI is InChI=1S/C16H15ClFNO3/c17-11-7-8-14(20)13(10-11)19-16(21)6-3-9-22-15-5-2-1-4-12(15)18/h1-2,4-5,7-8,10,20H,3,6,9H2,(H,19,21). The van der Waals surface area contributed by atoms with Crippen LogP contribution in [-0.2, 0) is 4.79 Å². The summed E-state index contributed by atoms with van der Waals surface area (Å²) < 4.78 is 18.6. The molecular formula is C16H15ClFNO3. The average Bonchev–Trinajstić information content (AvgIpc) is 2.49. The molecule has 0 aliphatic rings. The number of carbonyl (C=O) groups excluding carboxylic acids is 1. The van der Waals surface area contributed by atoms with Crippen LogP contribution in [0.5, 0.6) is 11.5 Å². The van der Waals surface area contributed by atoms with Crippen LogP contribution in [0.15, 0.2) is 42.5 Å². The van der Waals surface area contributed by atoms with Crippen molar-refractivity contribution in [1.29, 1.82) is 0 Å². The van der Waals surface area contributed by atoms with Gasteiger partial charge in [-0.3, -0.25) is 4.79 Å². The topological polar surface area (TPSA) is 58.6 Å². The maximum Gasteiger partial charge on any atom is 0.224 e. The normalized spacial score (nSPS) is 10.3. The lowest BCUT2D eigenvalue weighted by Gasteiger charge is -2.09. The number of ether oxygens (including phenoxy) is 1. The Hall–Kier alpha value is -2.27. The van der Waals surface area contributed by atoms with Crippen LogP contribution in [0.4, 0.5) is 10.1 Å². The number of anilines is 1. The van der Waals surface area contributed by atoms with Crippen LogP contribution in [0.1, 0.15) is 12.8 Å². The minimum atomic E-state index is -0.434. The van der Waals surface area contributed by atoms with Gasteiger partial charge in [0.1, 0.15) is 5.75 Å². The van der Waals surface area contributed by atoms with Crippen molar-refractivity contribution in [2.24, 2.45) is 0 Å². The third kappa shape index (κ3) is 4.63. The largest absolute Gasteiger partial charge is 0.506 e. The molecule has 22 heavy (non-hydrogen) atoms. The highest BCUT2D eigenvalue weighted by Crippen LogP contribution is 2.26. The Labute approximate surface area is 132 Å². The Morgan fingerprint density at radius 1 is 1.27 bits per heavy atom. The van der Waals surface area contributed by atoms with Crippen molar-refractivity contribution in [3.63, 3.8) is 0 Å². The zero-order valence-electron chi connectivity index (χ0n) is 11.7. The van der Waals surface area contributed by atoms with Gasteiger partial charge in [0.15, 0.2) is 11.6 Å². The molecule has 2 aromatic carbocycles. The summed E-state index contributed by atoms with van der Waals surface area (Å²) in [6.45, 7) is 0.218. The van der Waals surface area contributed by atoms with E-state index in [-0.39, 0.29) is 36.1 Å². The smallest absolute Gasteiger partial charge is 0.224 e. The number of benzene rings is 2. The van der Waals surface area contributed by atoms with Crippen molar-refractivity contribution in [3.8, 4) is 11.5 Å². The van der Waals surface area contributed by atoms with E-state index >= 15 is 0 Å². The van der Waals surface area contributed by atoms with Gasteiger partial charge in [0.05, 0.1) is 12.3 Å². The van der Waals surface area contributed by atoms with Crippen LogP contribution in [0.2, 0.25) is 5.02 Å². The van der Waals surface area contributed by atoms with E-state index in [1.54, 1.807) is 12.1 Å². The summed E-state index contributed by atoms with van der Waals surface area (Å²) in [5, 5.41) is 12.6. The lowest BCUT2D eigenvalue weighted by molar-refractivity contribution is -0.116. The SMILES string of the molecule is O=C(CCCOc1ccccc1F)Nc1cc(Cl)ccc1O. The minimum Gasteiger partial charge on any atom is -0.506 e. The van der Waals surface area contributed by atoms with Crippen LogP contribution in [0, 0.1) is 5.82 Å².